The van der Waals surface area contributed by atoms with Crippen LogP contribution >= 0.6 is 24.2 Å². The van der Waals surface area contributed by atoms with Crippen molar-refractivity contribution < 1.29 is 4.79 Å². The first-order valence-electron chi connectivity index (χ1n) is 6.62. The molecule has 0 saturated heterocycles. The van der Waals surface area contributed by atoms with Crippen LogP contribution in [0.15, 0.2) is 18.2 Å². The van der Waals surface area contributed by atoms with Gasteiger partial charge in [0.2, 0.25) is 5.91 Å². The molecule has 0 aliphatic rings. The average Bonchev–Trinajstić information content (AvgIpc) is 2.34. The fraction of sp³-hybridized carbons (Fsp3) is 0.533. The largest absolute Gasteiger partial charge is 0.354 e. The number of carbonyl (C=O) groups is 1. The molecule has 20 heavy (non-hydrogen) atoms. The Balaban J connectivity index is 0.00000361. The fourth-order valence-electron chi connectivity index (χ4n) is 2.05. The molecule has 5 heteroatoms. The third-order valence-electron chi connectivity index (χ3n) is 2.96. The fourth-order valence-corrected chi connectivity index (χ4v) is 2.54. The van der Waals surface area contributed by atoms with Gasteiger partial charge < -0.3 is 11.1 Å². The van der Waals surface area contributed by atoms with Crippen molar-refractivity contribution in [3.05, 3.63) is 34.9 Å². The van der Waals surface area contributed by atoms with E-state index in [0.29, 0.717) is 6.54 Å². The molecular weight excluding hydrogens is 292 g/mol. The topological polar surface area (TPSA) is 55.1 Å². The van der Waals surface area contributed by atoms with Crippen LogP contribution in [0.4, 0.5) is 0 Å². The number of hydrogen-bond acceptors (Lipinski definition) is 3. The molecule has 0 bridgehead atoms. The van der Waals surface area contributed by atoms with E-state index in [4.69, 9.17) is 5.73 Å². The zero-order valence-corrected chi connectivity index (χ0v) is 14.1. The van der Waals surface area contributed by atoms with Crippen molar-refractivity contribution in [2.45, 2.75) is 32.7 Å². The minimum atomic E-state index is -0.383. The van der Waals surface area contributed by atoms with E-state index >= 15 is 0 Å². The number of halogens is 1. The highest BCUT2D eigenvalue weighted by atomic mass is 35.5. The second kappa shape index (κ2) is 10.1. The maximum Gasteiger partial charge on any atom is 0.236 e. The molecule has 1 aromatic rings. The average molecular weight is 317 g/mol. The zero-order chi connectivity index (χ0) is 14.3. The van der Waals surface area contributed by atoms with Crippen LogP contribution in [-0.2, 0) is 11.2 Å². The molecule has 1 rings (SSSR count). The van der Waals surface area contributed by atoms with Gasteiger partial charge in [-0.2, -0.15) is 11.8 Å². The van der Waals surface area contributed by atoms with E-state index in [-0.39, 0.29) is 24.4 Å². The van der Waals surface area contributed by atoms with Crippen LogP contribution in [0, 0.1) is 13.8 Å². The Hall–Kier alpha value is -0.710. The molecule has 3 nitrogen and oxygen atoms in total. The minimum Gasteiger partial charge on any atom is -0.354 e. The van der Waals surface area contributed by atoms with Crippen LogP contribution < -0.4 is 11.1 Å². The summed E-state index contributed by atoms with van der Waals surface area (Å²) in [6.07, 6.45) is 3.60. The van der Waals surface area contributed by atoms with Gasteiger partial charge in [-0.15, -0.1) is 12.4 Å². The van der Waals surface area contributed by atoms with E-state index in [9.17, 15) is 4.79 Å². The number of nitrogens with two attached hydrogens (primary N) is 1. The number of aryl methyl sites for hydroxylation is 2. The lowest BCUT2D eigenvalue weighted by molar-refractivity contribution is -0.122. The summed E-state index contributed by atoms with van der Waals surface area (Å²) in [4.78, 5) is 11.7. The number of carbonyl (C=O) groups excluding carboxylic acids is 1. The summed E-state index contributed by atoms with van der Waals surface area (Å²) >= 11 is 1.71. The van der Waals surface area contributed by atoms with Crippen LogP contribution in [0.3, 0.4) is 0 Å². The molecule has 0 saturated carbocycles. The summed E-state index contributed by atoms with van der Waals surface area (Å²) in [6.45, 7) is 4.83. The van der Waals surface area contributed by atoms with Crippen LogP contribution in [0.5, 0.6) is 0 Å². The highest BCUT2D eigenvalue weighted by Gasteiger charge is 2.11. The Kier molecular flexibility index (Phi) is 9.72. The summed E-state index contributed by atoms with van der Waals surface area (Å²) in [5, 5.41) is 2.91. The van der Waals surface area contributed by atoms with Gasteiger partial charge in [0.15, 0.2) is 0 Å². The number of hydrogen-bond donors (Lipinski definition) is 2. The van der Waals surface area contributed by atoms with E-state index in [1.807, 2.05) is 6.26 Å². The van der Waals surface area contributed by atoms with E-state index in [0.717, 1.165) is 18.6 Å². The molecule has 0 spiro atoms. The lowest BCUT2D eigenvalue weighted by atomic mass is 10.1. The lowest BCUT2D eigenvalue weighted by Gasteiger charge is -2.12. The van der Waals surface area contributed by atoms with E-state index in [1.165, 1.54) is 16.7 Å². The minimum absolute atomic E-state index is 0. The summed E-state index contributed by atoms with van der Waals surface area (Å²) in [7, 11) is 0. The van der Waals surface area contributed by atoms with Crippen LogP contribution in [0.25, 0.3) is 0 Å². The van der Waals surface area contributed by atoms with Crippen molar-refractivity contribution in [3.63, 3.8) is 0 Å². The molecule has 0 fully saturated rings. The van der Waals surface area contributed by atoms with Gasteiger partial charge in [-0.3, -0.25) is 4.79 Å². The van der Waals surface area contributed by atoms with Gasteiger partial charge in [-0.1, -0.05) is 29.3 Å². The van der Waals surface area contributed by atoms with Crippen molar-refractivity contribution in [2.75, 3.05) is 18.6 Å². The van der Waals surface area contributed by atoms with Crippen LogP contribution in [0.1, 0.15) is 23.1 Å². The highest BCUT2D eigenvalue weighted by Crippen LogP contribution is 2.09. The number of benzene rings is 1. The molecule has 3 N–H and O–H groups in total. The molecular formula is C15H25ClN2OS. The first-order valence-corrected chi connectivity index (χ1v) is 8.01. The summed E-state index contributed by atoms with van der Waals surface area (Å²) < 4.78 is 0. The SMILES string of the molecule is CSCC[C@H](N)C(=O)NCCc1cc(C)cc(C)c1.Cl. The van der Waals surface area contributed by atoms with Gasteiger partial charge in [-0.25, -0.2) is 0 Å². The summed E-state index contributed by atoms with van der Waals surface area (Å²) in [5.74, 6) is 0.879. The second-order valence-corrected chi connectivity index (χ2v) is 5.91. The Morgan fingerprint density at radius 2 is 1.90 bits per heavy atom. The van der Waals surface area contributed by atoms with Crippen molar-refractivity contribution in [2.24, 2.45) is 5.73 Å². The Bertz CT molecular complexity index is 406. The third kappa shape index (κ3) is 7.17. The molecule has 0 aliphatic carbocycles. The summed E-state index contributed by atoms with van der Waals surface area (Å²) in [5.41, 5.74) is 9.59. The van der Waals surface area contributed by atoms with Crippen LogP contribution in [-0.4, -0.2) is 30.5 Å². The smallest absolute Gasteiger partial charge is 0.236 e. The Morgan fingerprint density at radius 1 is 1.30 bits per heavy atom. The maximum absolute atomic E-state index is 11.7. The second-order valence-electron chi connectivity index (χ2n) is 4.92. The first kappa shape index (κ1) is 19.3. The summed E-state index contributed by atoms with van der Waals surface area (Å²) in [6, 6.07) is 6.09. The van der Waals surface area contributed by atoms with Gasteiger partial charge in [0.1, 0.15) is 0 Å². The van der Waals surface area contributed by atoms with Crippen LogP contribution in [0.2, 0.25) is 0 Å². The van der Waals surface area contributed by atoms with E-state index in [1.54, 1.807) is 11.8 Å². The van der Waals surface area contributed by atoms with Gasteiger partial charge in [0.05, 0.1) is 6.04 Å². The lowest BCUT2D eigenvalue weighted by Crippen LogP contribution is -2.41. The quantitative estimate of drug-likeness (QED) is 0.812. The molecule has 114 valence electrons. The number of rotatable bonds is 7. The number of thioether (sulfide) groups is 1. The molecule has 0 aromatic heterocycles. The number of amides is 1. The maximum atomic E-state index is 11.7. The monoisotopic (exact) mass is 316 g/mol. The molecule has 0 unspecified atom stereocenters. The van der Waals surface area contributed by atoms with Gasteiger partial charge in [0.25, 0.3) is 0 Å². The Morgan fingerprint density at radius 3 is 2.45 bits per heavy atom. The molecule has 0 radical (unpaired) electrons. The van der Waals surface area contributed by atoms with E-state index < -0.39 is 0 Å². The first-order chi connectivity index (χ1) is 9.02. The normalized spacial score (nSPS) is 11.6. The molecule has 1 amide bonds. The van der Waals surface area contributed by atoms with Gasteiger partial charge in [0, 0.05) is 6.54 Å². The van der Waals surface area contributed by atoms with E-state index in [2.05, 4.69) is 37.4 Å². The standard InChI is InChI=1S/C15H24N2OS.ClH/c1-11-8-12(2)10-13(9-11)4-6-17-15(18)14(16)5-7-19-3;/h8-10,14H,4-7,16H2,1-3H3,(H,17,18);1H/t14-;/m0./s1. The third-order valence-corrected chi connectivity index (χ3v) is 3.61. The predicted molar refractivity (Wildman–Crippen MR) is 90.9 cm³/mol. The number of nitrogens with one attached hydrogen (secondary N) is 1. The molecule has 0 aliphatic heterocycles. The van der Waals surface area contributed by atoms with Crippen molar-refractivity contribution >= 4 is 30.1 Å². The molecule has 1 atom stereocenters. The molecule has 0 heterocycles. The van der Waals surface area contributed by atoms with Crippen molar-refractivity contribution in [1.29, 1.82) is 0 Å². The Labute approximate surface area is 132 Å². The zero-order valence-electron chi connectivity index (χ0n) is 12.4. The van der Waals surface area contributed by atoms with Crippen molar-refractivity contribution in [1.82, 2.24) is 5.32 Å². The molecule has 1 aromatic carbocycles. The highest BCUT2D eigenvalue weighted by molar-refractivity contribution is 7.98. The van der Waals surface area contributed by atoms with Gasteiger partial charge >= 0.3 is 0 Å². The van der Waals surface area contributed by atoms with Crippen molar-refractivity contribution in [3.8, 4) is 0 Å². The van der Waals surface area contributed by atoms with Gasteiger partial charge in [-0.05, 0) is 44.3 Å². The predicted octanol–water partition coefficient (Wildman–Crippen LogP) is 2.46.